The maximum absolute atomic E-state index is 13.0. The third kappa shape index (κ3) is 4.60. The Morgan fingerprint density at radius 1 is 0.966 bits per heavy atom. The van der Waals surface area contributed by atoms with Crippen molar-refractivity contribution in [3.05, 3.63) is 88.4 Å². The molecule has 0 saturated heterocycles. The summed E-state index contributed by atoms with van der Waals surface area (Å²) in [5.74, 6) is -0.352. The van der Waals surface area contributed by atoms with Crippen molar-refractivity contribution < 1.29 is 13.2 Å². The van der Waals surface area contributed by atoms with Gasteiger partial charge in [0.25, 0.3) is 15.9 Å². The van der Waals surface area contributed by atoms with Gasteiger partial charge in [-0.15, -0.1) is 0 Å². The number of benzene rings is 3. The van der Waals surface area contributed by atoms with Crippen molar-refractivity contribution in [2.45, 2.75) is 18.7 Å². The van der Waals surface area contributed by atoms with Crippen molar-refractivity contribution in [3.8, 4) is 0 Å². The Kier molecular flexibility index (Phi) is 5.96. The SMILES string of the molecule is Cc1ccc(S(=O)(=O)N(C)c2cc(C(=O)Nc3cccc(Cl)c3)ccc2C)cc1. The second-order valence-corrected chi connectivity index (χ2v) is 9.16. The monoisotopic (exact) mass is 428 g/mol. The zero-order chi connectivity index (χ0) is 21.2. The molecule has 0 aliphatic rings. The standard InChI is InChI=1S/C22H21ClN2O3S/c1-15-7-11-20(12-8-15)29(27,28)25(3)21-13-17(10-9-16(21)2)22(26)24-19-6-4-5-18(23)14-19/h4-14H,1-3H3,(H,24,26). The van der Waals surface area contributed by atoms with Crippen LogP contribution in [0.15, 0.2) is 71.6 Å². The maximum Gasteiger partial charge on any atom is 0.264 e. The van der Waals surface area contributed by atoms with Gasteiger partial charge in [-0.1, -0.05) is 41.4 Å². The van der Waals surface area contributed by atoms with Crippen LogP contribution in [-0.4, -0.2) is 21.4 Å². The molecule has 0 aliphatic carbocycles. The van der Waals surface area contributed by atoms with E-state index in [9.17, 15) is 13.2 Å². The maximum atomic E-state index is 13.0. The van der Waals surface area contributed by atoms with E-state index in [0.29, 0.717) is 22.0 Å². The van der Waals surface area contributed by atoms with Gasteiger partial charge in [-0.3, -0.25) is 9.10 Å². The Morgan fingerprint density at radius 3 is 2.31 bits per heavy atom. The van der Waals surface area contributed by atoms with Crippen LogP contribution in [0, 0.1) is 13.8 Å². The lowest BCUT2D eigenvalue weighted by molar-refractivity contribution is 0.102. The molecule has 0 unspecified atom stereocenters. The van der Waals surface area contributed by atoms with Gasteiger partial charge in [0.2, 0.25) is 0 Å². The Labute approximate surface area is 176 Å². The molecular weight excluding hydrogens is 408 g/mol. The second kappa shape index (κ2) is 8.27. The number of hydrogen-bond acceptors (Lipinski definition) is 3. The van der Waals surface area contributed by atoms with E-state index in [-0.39, 0.29) is 10.8 Å². The van der Waals surface area contributed by atoms with E-state index in [1.807, 2.05) is 6.92 Å². The van der Waals surface area contributed by atoms with Crippen LogP contribution in [0.5, 0.6) is 0 Å². The lowest BCUT2D eigenvalue weighted by Crippen LogP contribution is -2.27. The highest BCUT2D eigenvalue weighted by Crippen LogP contribution is 2.27. The number of sulfonamides is 1. The van der Waals surface area contributed by atoms with Crippen LogP contribution in [0.4, 0.5) is 11.4 Å². The number of halogens is 1. The molecule has 150 valence electrons. The summed E-state index contributed by atoms with van der Waals surface area (Å²) in [7, 11) is -2.27. The molecule has 0 spiro atoms. The molecule has 3 aromatic rings. The number of carbonyl (C=O) groups excluding carboxylic acids is 1. The number of aryl methyl sites for hydroxylation is 2. The molecule has 7 heteroatoms. The van der Waals surface area contributed by atoms with Crippen LogP contribution < -0.4 is 9.62 Å². The van der Waals surface area contributed by atoms with Gasteiger partial charge in [-0.2, -0.15) is 0 Å². The highest BCUT2D eigenvalue weighted by atomic mass is 35.5. The molecule has 0 aromatic heterocycles. The first-order valence-electron chi connectivity index (χ1n) is 8.91. The number of anilines is 2. The van der Waals surface area contributed by atoms with Crippen LogP contribution >= 0.6 is 11.6 Å². The van der Waals surface area contributed by atoms with Crippen LogP contribution in [0.2, 0.25) is 5.02 Å². The van der Waals surface area contributed by atoms with Crippen LogP contribution in [0.3, 0.4) is 0 Å². The number of nitrogens with zero attached hydrogens (tertiary/aromatic N) is 1. The Bertz CT molecular complexity index is 1160. The second-order valence-electron chi connectivity index (χ2n) is 6.75. The molecule has 1 N–H and O–H groups in total. The Hall–Kier alpha value is -2.83. The summed E-state index contributed by atoms with van der Waals surface area (Å²) in [6.45, 7) is 3.70. The molecule has 0 radical (unpaired) electrons. The van der Waals surface area contributed by atoms with E-state index in [1.54, 1.807) is 73.7 Å². The van der Waals surface area contributed by atoms with Crippen LogP contribution in [0.25, 0.3) is 0 Å². The smallest absolute Gasteiger partial charge is 0.264 e. The Balaban J connectivity index is 1.92. The van der Waals surface area contributed by atoms with Crippen molar-refractivity contribution in [2.75, 3.05) is 16.7 Å². The lowest BCUT2D eigenvalue weighted by atomic mass is 10.1. The van der Waals surface area contributed by atoms with E-state index in [0.717, 1.165) is 11.1 Å². The fraction of sp³-hybridized carbons (Fsp3) is 0.136. The van der Waals surface area contributed by atoms with Gasteiger partial charge in [-0.05, 0) is 61.9 Å². The lowest BCUT2D eigenvalue weighted by Gasteiger charge is -2.22. The summed E-state index contributed by atoms with van der Waals surface area (Å²) >= 11 is 5.96. The van der Waals surface area contributed by atoms with Gasteiger partial charge >= 0.3 is 0 Å². The average molecular weight is 429 g/mol. The van der Waals surface area contributed by atoms with Gasteiger partial charge in [0.15, 0.2) is 0 Å². The molecule has 0 bridgehead atoms. The fourth-order valence-electron chi connectivity index (χ4n) is 2.86. The summed E-state index contributed by atoms with van der Waals surface area (Å²) < 4.78 is 27.2. The van der Waals surface area contributed by atoms with Crippen molar-refractivity contribution in [1.29, 1.82) is 0 Å². The molecule has 5 nitrogen and oxygen atoms in total. The molecule has 0 heterocycles. The Morgan fingerprint density at radius 2 is 1.66 bits per heavy atom. The van der Waals surface area contributed by atoms with E-state index in [1.165, 1.54) is 11.4 Å². The van der Waals surface area contributed by atoms with Gasteiger partial charge in [-0.25, -0.2) is 8.42 Å². The van der Waals surface area contributed by atoms with Crippen molar-refractivity contribution in [3.63, 3.8) is 0 Å². The predicted octanol–water partition coefficient (Wildman–Crippen LogP) is 5.03. The molecule has 0 atom stereocenters. The molecule has 3 aromatic carbocycles. The molecular formula is C22H21ClN2O3S. The molecule has 0 fully saturated rings. The summed E-state index contributed by atoms with van der Waals surface area (Å²) in [6.07, 6.45) is 0. The minimum absolute atomic E-state index is 0.193. The first kappa shape index (κ1) is 20.9. The summed E-state index contributed by atoms with van der Waals surface area (Å²) in [5.41, 5.74) is 3.05. The quantitative estimate of drug-likeness (QED) is 0.619. The highest BCUT2D eigenvalue weighted by molar-refractivity contribution is 7.92. The summed E-state index contributed by atoms with van der Waals surface area (Å²) in [4.78, 5) is 12.8. The zero-order valence-electron chi connectivity index (χ0n) is 16.3. The van der Waals surface area contributed by atoms with Crippen LogP contribution in [-0.2, 0) is 10.0 Å². The van der Waals surface area contributed by atoms with E-state index >= 15 is 0 Å². The van der Waals surface area contributed by atoms with Crippen molar-refractivity contribution >= 4 is 38.9 Å². The minimum Gasteiger partial charge on any atom is -0.322 e. The first-order chi connectivity index (χ1) is 13.7. The zero-order valence-corrected chi connectivity index (χ0v) is 17.9. The van der Waals surface area contributed by atoms with E-state index < -0.39 is 10.0 Å². The fourth-order valence-corrected chi connectivity index (χ4v) is 4.30. The third-order valence-electron chi connectivity index (χ3n) is 4.57. The number of amides is 1. The molecule has 1 amide bonds. The summed E-state index contributed by atoms with van der Waals surface area (Å²) in [5, 5.41) is 3.28. The highest BCUT2D eigenvalue weighted by Gasteiger charge is 2.23. The number of nitrogens with one attached hydrogen (secondary N) is 1. The van der Waals surface area contributed by atoms with E-state index in [2.05, 4.69) is 5.32 Å². The first-order valence-corrected chi connectivity index (χ1v) is 10.7. The van der Waals surface area contributed by atoms with E-state index in [4.69, 9.17) is 11.6 Å². The number of hydrogen-bond donors (Lipinski definition) is 1. The molecule has 3 rings (SSSR count). The predicted molar refractivity (Wildman–Crippen MR) is 117 cm³/mol. The number of carbonyl (C=O) groups is 1. The van der Waals surface area contributed by atoms with Crippen LogP contribution in [0.1, 0.15) is 21.5 Å². The van der Waals surface area contributed by atoms with Gasteiger partial charge in [0.05, 0.1) is 10.6 Å². The molecule has 29 heavy (non-hydrogen) atoms. The largest absolute Gasteiger partial charge is 0.322 e. The van der Waals surface area contributed by atoms with Crippen molar-refractivity contribution in [2.24, 2.45) is 0 Å². The molecule has 0 saturated carbocycles. The van der Waals surface area contributed by atoms with Gasteiger partial charge in [0.1, 0.15) is 0 Å². The topological polar surface area (TPSA) is 66.5 Å². The van der Waals surface area contributed by atoms with Gasteiger partial charge < -0.3 is 5.32 Å². The number of rotatable bonds is 5. The summed E-state index contributed by atoms with van der Waals surface area (Å²) in [6, 6.07) is 18.4. The van der Waals surface area contributed by atoms with Gasteiger partial charge in [0, 0.05) is 23.3 Å². The average Bonchev–Trinajstić information content (AvgIpc) is 2.68. The molecule has 0 aliphatic heterocycles. The normalized spacial score (nSPS) is 11.2. The van der Waals surface area contributed by atoms with Crippen molar-refractivity contribution in [1.82, 2.24) is 0 Å². The third-order valence-corrected chi connectivity index (χ3v) is 6.59. The minimum atomic E-state index is -3.75.